The van der Waals surface area contributed by atoms with E-state index >= 15 is 0 Å². The van der Waals surface area contributed by atoms with Gasteiger partial charge in [-0.3, -0.25) is 4.98 Å². The Kier molecular flexibility index (Phi) is 4.00. The third-order valence-electron chi connectivity index (χ3n) is 2.97. The lowest BCUT2D eigenvalue weighted by Crippen LogP contribution is -2.07. The van der Waals surface area contributed by atoms with Crippen LogP contribution in [0.5, 0.6) is 5.75 Å². The SMILES string of the molecule is COc1ccc(C(C)Nc2ccc(C)nc2)cc1F. The highest BCUT2D eigenvalue weighted by atomic mass is 19.1. The lowest BCUT2D eigenvalue weighted by Gasteiger charge is -2.16. The molecule has 0 saturated heterocycles. The Labute approximate surface area is 112 Å². The minimum Gasteiger partial charge on any atom is -0.494 e. The molecule has 0 fully saturated rings. The molecule has 1 heterocycles. The van der Waals surface area contributed by atoms with Crippen molar-refractivity contribution >= 4 is 5.69 Å². The van der Waals surface area contributed by atoms with Crippen LogP contribution in [0, 0.1) is 12.7 Å². The van der Waals surface area contributed by atoms with Crippen LogP contribution < -0.4 is 10.1 Å². The van der Waals surface area contributed by atoms with Gasteiger partial charge >= 0.3 is 0 Å². The average molecular weight is 260 g/mol. The molecule has 1 unspecified atom stereocenters. The summed E-state index contributed by atoms with van der Waals surface area (Å²) < 4.78 is 18.5. The van der Waals surface area contributed by atoms with Gasteiger partial charge in [-0.25, -0.2) is 4.39 Å². The lowest BCUT2D eigenvalue weighted by molar-refractivity contribution is 0.386. The third kappa shape index (κ3) is 3.22. The fraction of sp³-hybridized carbons (Fsp3) is 0.267. The van der Waals surface area contributed by atoms with E-state index in [1.165, 1.54) is 13.2 Å². The number of aryl methyl sites for hydroxylation is 1. The highest BCUT2D eigenvalue weighted by molar-refractivity contribution is 5.44. The summed E-state index contributed by atoms with van der Waals surface area (Å²) in [4.78, 5) is 4.21. The molecule has 2 aromatic rings. The zero-order valence-electron chi connectivity index (χ0n) is 11.3. The fourth-order valence-electron chi connectivity index (χ4n) is 1.84. The molecule has 1 aromatic carbocycles. The number of ether oxygens (including phenoxy) is 1. The van der Waals surface area contributed by atoms with Crippen molar-refractivity contribution in [2.45, 2.75) is 19.9 Å². The summed E-state index contributed by atoms with van der Waals surface area (Å²) in [6, 6.07) is 8.85. The number of hydrogen-bond donors (Lipinski definition) is 1. The van der Waals surface area contributed by atoms with Crippen LogP contribution in [0.25, 0.3) is 0 Å². The number of benzene rings is 1. The molecule has 0 spiro atoms. The highest BCUT2D eigenvalue weighted by Crippen LogP contribution is 2.24. The first kappa shape index (κ1) is 13.3. The largest absolute Gasteiger partial charge is 0.494 e. The van der Waals surface area contributed by atoms with Crippen LogP contribution in [0.3, 0.4) is 0 Å². The number of hydrogen-bond acceptors (Lipinski definition) is 3. The Morgan fingerprint density at radius 3 is 2.63 bits per heavy atom. The molecule has 1 atom stereocenters. The number of nitrogens with one attached hydrogen (secondary N) is 1. The molecular weight excluding hydrogens is 243 g/mol. The van der Waals surface area contributed by atoms with Crippen molar-refractivity contribution in [1.29, 1.82) is 0 Å². The van der Waals surface area contributed by atoms with Crippen LogP contribution in [0.4, 0.5) is 10.1 Å². The Morgan fingerprint density at radius 2 is 2.05 bits per heavy atom. The Morgan fingerprint density at radius 1 is 1.26 bits per heavy atom. The van der Waals surface area contributed by atoms with Crippen molar-refractivity contribution < 1.29 is 9.13 Å². The Balaban J connectivity index is 2.13. The molecule has 0 aliphatic carbocycles. The van der Waals surface area contributed by atoms with Crippen LogP contribution in [0.1, 0.15) is 24.2 Å². The number of aromatic nitrogens is 1. The second-order valence-corrected chi connectivity index (χ2v) is 4.45. The predicted octanol–water partition coefficient (Wildman–Crippen LogP) is 3.71. The van der Waals surface area contributed by atoms with Gasteiger partial charge in [-0.05, 0) is 43.7 Å². The number of anilines is 1. The number of methoxy groups -OCH3 is 1. The quantitative estimate of drug-likeness (QED) is 0.910. The van der Waals surface area contributed by atoms with Crippen molar-refractivity contribution in [1.82, 2.24) is 4.98 Å². The van der Waals surface area contributed by atoms with Gasteiger partial charge in [-0.15, -0.1) is 0 Å². The summed E-state index contributed by atoms with van der Waals surface area (Å²) in [6.45, 7) is 3.91. The minimum atomic E-state index is -0.351. The zero-order chi connectivity index (χ0) is 13.8. The minimum absolute atomic E-state index is 0.00934. The maximum Gasteiger partial charge on any atom is 0.165 e. The van der Waals surface area contributed by atoms with Gasteiger partial charge in [0, 0.05) is 11.7 Å². The van der Waals surface area contributed by atoms with E-state index in [-0.39, 0.29) is 17.6 Å². The average Bonchev–Trinajstić information content (AvgIpc) is 2.41. The molecule has 2 rings (SSSR count). The smallest absolute Gasteiger partial charge is 0.165 e. The molecule has 0 bridgehead atoms. The maximum absolute atomic E-state index is 13.6. The summed E-state index contributed by atoms with van der Waals surface area (Å²) in [5.41, 5.74) is 2.74. The van der Waals surface area contributed by atoms with Crippen LogP contribution in [-0.4, -0.2) is 12.1 Å². The van der Waals surface area contributed by atoms with Crippen molar-refractivity contribution in [3.05, 3.63) is 53.6 Å². The van der Waals surface area contributed by atoms with Crippen LogP contribution in [0.15, 0.2) is 36.5 Å². The van der Waals surface area contributed by atoms with E-state index in [0.29, 0.717) is 0 Å². The van der Waals surface area contributed by atoms with E-state index in [1.54, 1.807) is 12.3 Å². The molecule has 0 aliphatic heterocycles. The first-order valence-corrected chi connectivity index (χ1v) is 6.13. The van der Waals surface area contributed by atoms with E-state index in [2.05, 4.69) is 10.3 Å². The molecular formula is C15H17FN2O. The fourth-order valence-corrected chi connectivity index (χ4v) is 1.84. The maximum atomic E-state index is 13.6. The van der Waals surface area contributed by atoms with Gasteiger partial charge in [0.05, 0.1) is 19.0 Å². The molecule has 100 valence electrons. The lowest BCUT2D eigenvalue weighted by atomic mass is 10.1. The van der Waals surface area contributed by atoms with Crippen molar-refractivity contribution in [3.8, 4) is 5.75 Å². The van der Waals surface area contributed by atoms with Gasteiger partial charge in [-0.1, -0.05) is 6.07 Å². The van der Waals surface area contributed by atoms with Crippen molar-refractivity contribution in [3.63, 3.8) is 0 Å². The number of halogens is 1. The first-order chi connectivity index (χ1) is 9.10. The molecule has 0 aliphatic rings. The standard InChI is InChI=1S/C15H17FN2O/c1-10-4-6-13(9-17-10)18-11(2)12-5-7-15(19-3)14(16)8-12/h4-9,11,18H,1-3H3. The summed E-state index contributed by atoms with van der Waals surface area (Å²) in [5, 5.41) is 3.28. The first-order valence-electron chi connectivity index (χ1n) is 6.13. The monoisotopic (exact) mass is 260 g/mol. The van der Waals surface area contributed by atoms with Crippen LogP contribution >= 0.6 is 0 Å². The van der Waals surface area contributed by atoms with E-state index in [1.807, 2.05) is 32.0 Å². The highest BCUT2D eigenvalue weighted by Gasteiger charge is 2.09. The van der Waals surface area contributed by atoms with E-state index in [0.717, 1.165) is 16.9 Å². The molecule has 1 N–H and O–H groups in total. The third-order valence-corrected chi connectivity index (χ3v) is 2.97. The summed E-state index contributed by atoms with van der Waals surface area (Å²) in [5.74, 6) is -0.0939. The van der Waals surface area contributed by atoms with Gasteiger partial charge in [-0.2, -0.15) is 0 Å². The molecule has 3 nitrogen and oxygen atoms in total. The number of rotatable bonds is 4. The van der Waals surface area contributed by atoms with Crippen molar-refractivity contribution in [2.24, 2.45) is 0 Å². The van der Waals surface area contributed by atoms with Gasteiger partial charge in [0.25, 0.3) is 0 Å². The molecule has 0 saturated carbocycles. The van der Waals surface area contributed by atoms with Gasteiger partial charge < -0.3 is 10.1 Å². The Bertz CT molecular complexity index is 555. The van der Waals surface area contributed by atoms with E-state index in [9.17, 15) is 4.39 Å². The normalized spacial score (nSPS) is 12.0. The molecule has 0 amide bonds. The summed E-state index contributed by atoms with van der Waals surface area (Å²) in [7, 11) is 1.46. The van der Waals surface area contributed by atoms with Gasteiger partial charge in [0.15, 0.2) is 11.6 Å². The zero-order valence-corrected chi connectivity index (χ0v) is 11.3. The summed E-state index contributed by atoms with van der Waals surface area (Å²) in [6.07, 6.45) is 1.77. The molecule has 1 aromatic heterocycles. The van der Waals surface area contributed by atoms with Crippen LogP contribution in [0.2, 0.25) is 0 Å². The second-order valence-electron chi connectivity index (χ2n) is 4.45. The topological polar surface area (TPSA) is 34.1 Å². The van der Waals surface area contributed by atoms with Gasteiger partial charge in [0.1, 0.15) is 0 Å². The van der Waals surface area contributed by atoms with Crippen molar-refractivity contribution in [2.75, 3.05) is 12.4 Å². The number of pyridine rings is 1. The second kappa shape index (κ2) is 5.69. The van der Waals surface area contributed by atoms with E-state index in [4.69, 9.17) is 4.74 Å². The molecule has 4 heteroatoms. The van der Waals surface area contributed by atoms with Crippen LogP contribution in [-0.2, 0) is 0 Å². The van der Waals surface area contributed by atoms with E-state index < -0.39 is 0 Å². The number of nitrogens with zero attached hydrogens (tertiary/aromatic N) is 1. The van der Waals surface area contributed by atoms with Gasteiger partial charge in [0.2, 0.25) is 0 Å². The molecule has 0 radical (unpaired) electrons. The molecule has 19 heavy (non-hydrogen) atoms. The predicted molar refractivity (Wildman–Crippen MR) is 74.0 cm³/mol. The summed E-state index contributed by atoms with van der Waals surface area (Å²) >= 11 is 0. The Hall–Kier alpha value is -2.10.